The number of hydrogen-bond donors (Lipinski definition) is 1. The zero-order valence-corrected chi connectivity index (χ0v) is 12.4. The van der Waals surface area contributed by atoms with Gasteiger partial charge in [-0.05, 0) is 31.2 Å². The number of nitrogens with zero attached hydrogens (tertiary/aromatic N) is 1. The molecule has 0 bridgehead atoms. The summed E-state index contributed by atoms with van der Waals surface area (Å²) in [6.07, 6.45) is 0. The highest BCUT2D eigenvalue weighted by atomic mass is 32.2. The van der Waals surface area contributed by atoms with Gasteiger partial charge >= 0.3 is 5.97 Å². The molecule has 0 spiro atoms. The van der Waals surface area contributed by atoms with Gasteiger partial charge in [0.2, 0.25) is 5.76 Å². The summed E-state index contributed by atoms with van der Waals surface area (Å²) in [5.41, 5.74) is 1.93. The number of fused-ring (bicyclic) bond motifs is 1. The fourth-order valence-corrected chi connectivity index (χ4v) is 2.89. The molecule has 108 valence electrons. The summed E-state index contributed by atoms with van der Waals surface area (Å²) >= 11 is 1.54. The number of ether oxygens (including phenoxy) is 1. The lowest BCUT2D eigenvalue weighted by Crippen LogP contribution is -1.98. The molecule has 1 unspecified atom stereocenters. The van der Waals surface area contributed by atoms with E-state index in [9.17, 15) is 4.79 Å². The van der Waals surface area contributed by atoms with Crippen molar-refractivity contribution in [3.8, 4) is 0 Å². The van der Waals surface area contributed by atoms with E-state index in [0.717, 1.165) is 16.2 Å². The Morgan fingerprint density at radius 2 is 2.14 bits per heavy atom. The number of H-pyrrole nitrogens is 1. The molecule has 3 aromatic rings. The van der Waals surface area contributed by atoms with E-state index >= 15 is 0 Å². The van der Waals surface area contributed by atoms with Crippen molar-refractivity contribution in [2.75, 3.05) is 7.11 Å². The monoisotopic (exact) mass is 302 g/mol. The number of aromatic nitrogens is 2. The maximum atomic E-state index is 11.4. The summed E-state index contributed by atoms with van der Waals surface area (Å²) in [5.74, 6) is 0.451. The molecule has 21 heavy (non-hydrogen) atoms. The maximum absolute atomic E-state index is 11.4. The summed E-state index contributed by atoms with van der Waals surface area (Å²) in [6.45, 7) is 2.00. The summed E-state index contributed by atoms with van der Waals surface area (Å²) in [7, 11) is 1.33. The second kappa shape index (κ2) is 5.65. The Morgan fingerprint density at radius 3 is 2.90 bits per heavy atom. The molecular weight excluding hydrogens is 288 g/mol. The van der Waals surface area contributed by atoms with Crippen LogP contribution in [0.4, 0.5) is 0 Å². The molecule has 2 aromatic heterocycles. The van der Waals surface area contributed by atoms with Crippen LogP contribution >= 0.6 is 11.8 Å². The number of furan rings is 1. The number of thioether (sulfide) groups is 1. The fraction of sp³-hybridized carbons (Fsp3) is 0.200. The zero-order chi connectivity index (χ0) is 14.8. The van der Waals surface area contributed by atoms with Crippen LogP contribution < -0.4 is 0 Å². The molecule has 0 amide bonds. The van der Waals surface area contributed by atoms with Crippen LogP contribution in [0.1, 0.15) is 28.5 Å². The number of hydrogen-bond acceptors (Lipinski definition) is 5. The van der Waals surface area contributed by atoms with E-state index in [2.05, 4.69) is 14.7 Å². The van der Waals surface area contributed by atoms with E-state index in [4.69, 9.17) is 4.42 Å². The number of aromatic amines is 1. The van der Waals surface area contributed by atoms with Gasteiger partial charge in [-0.25, -0.2) is 9.78 Å². The number of carbonyl (C=O) groups is 1. The SMILES string of the molecule is COC(=O)c1ccc(C(C)Sc2nc3ccccc3[nH]2)o1. The Balaban J connectivity index is 1.77. The minimum atomic E-state index is -0.470. The van der Waals surface area contributed by atoms with Crippen molar-refractivity contribution in [2.45, 2.75) is 17.3 Å². The molecule has 0 aliphatic rings. The lowest BCUT2D eigenvalue weighted by molar-refractivity contribution is 0.0563. The molecule has 0 radical (unpaired) electrons. The second-order valence-electron chi connectivity index (χ2n) is 4.51. The molecule has 0 fully saturated rings. The molecule has 5 nitrogen and oxygen atoms in total. The molecule has 0 saturated heterocycles. The number of carbonyl (C=O) groups excluding carboxylic acids is 1. The van der Waals surface area contributed by atoms with Gasteiger partial charge in [-0.15, -0.1) is 0 Å². The van der Waals surface area contributed by atoms with Crippen molar-refractivity contribution in [3.05, 3.63) is 47.9 Å². The molecular formula is C15H14N2O3S. The van der Waals surface area contributed by atoms with Gasteiger partial charge in [0, 0.05) is 0 Å². The minimum absolute atomic E-state index is 0.0315. The standard InChI is InChI=1S/C15H14N2O3S/c1-9(12-7-8-13(20-12)14(18)19-2)21-15-16-10-5-3-4-6-11(10)17-15/h3-9H,1-2H3,(H,16,17). The van der Waals surface area contributed by atoms with Gasteiger partial charge in [0.1, 0.15) is 5.76 Å². The Kier molecular flexibility index (Phi) is 3.70. The number of nitrogens with one attached hydrogen (secondary N) is 1. The molecule has 1 atom stereocenters. The van der Waals surface area contributed by atoms with E-state index < -0.39 is 5.97 Å². The van der Waals surface area contributed by atoms with Crippen LogP contribution in [0.5, 0.6) is 0 Å². The first-order valence-electron chi connectivity index (χ1n) is 6.47. The normalized spacial score (nSPS) is 12.5. The number of benzene rings is 1. The zero-order valence-electron chi connectivity index (χ0n) is 11.6. The number of esters is 1. The molecule has 1 N–H and O–H groups in total. The van der Waals surface area contributed by atoms with Crippen LogP contribution in [0.3, 0.4) is 0 Å². The third-order valence-corrected chi connectivity index (χ3v) is 4.07. The van der Waals surface area contributed by atoms with Crippen LogP contribution in [0.15, 0.2) is 46.0 Å². The lowest BCUT2D eigenvalue weighted by atomic mass is 10.3. The smallest absolute Gasteiger partial charge is 0.373 e. The molecule has 0 aliphatic carbocycles. The predicted octanol–water partition coefficient (Wildman–Crippen LogP) is 3.80. The van der Waals surface area contributed by atoms with Crippen LogP contribution in [-0.4, -0.2) is 23.0 Å². The third kappa shape index (κ3) is 2.80. The highest BCUT2D eigenvalue weighted by Gasteiger charge is 2.17. The average Bonchev–Trinajstić information content (AvgIpc) is 3.12. The lowest BCUT2D eigenvalue weighted by Gasteiger charge is -2.05. The molecule has 0 aliphatic heterocycles. The Hall–Kier alpha value is -2.21. The van der Waals surface area contributed by atoms with Crippen molar-refractivity contribution in [3.63, 3.8) is 0 Å². The quantitative estimate of drug-likeness (QED) is 0.586. The number of methoxy groups -OCH3 is 1. The molecule has 6 heteroatoms. The van der Waals surface area contributed by atoms with Gasteiger partial charge in [0.25, 0.3) is 0 Å². The predicted molar refractivity (Wildman–Crippen MR) is 80.4 cm³/mol. The fourth-order valence-electron chi connectivity index (χ4n) is 1.99. The van der Waals surface area contributed by atoms with Gasteiger partial charge in [-0.3, -0.25) is 0 Å². The highest BCUT2D eigenvalue weighted by Crippen LogP contribution is 2.34. The summed E-state index contributed by atoms with van der Waals surface area (Å²) < 4.78 is 10.1. The topological polar surface area (TPSA) is 68.1 Å². The second-order valence-corrected chi connectivity index (χ2v) is 5.84. The van der Waals surface area contributed by atoms with Gasteiger partial charge in [-0.2, -0.15) is 0 Å². The van der Waals surface area contributed by atoms with E-state index in [-0.39, 0.29) is 11.0 Å². The van der Waals surface area contributed by atoms with E-state index in [1.165, 1.54) is 7.11 Å². The number of rotatable bonds is 4. The van der Waals surface area contributed by atoms with Crippen molar-refractivity contribution < 1.29 is 13.9 Å². The van der Waals surface area contributed by atoms with Gasteiger partial charge < -0.3 is 14.1 Å². The van der Waals surface area contributed by atoms with Gasteiger partial charge in [0.15, 0.2) is 5.16 Å². The Morgan fingerprint density at radius 1 is 1.33 bits per heavy atom. The number of para-hydroxylation sites is 2. The molecule has 2 heterocycles. The van der Waals surface area contributed by atoms with Crippen LogP contribution in [0.2, 0.25) is 0 Å². The van der Waals surface area contributed by atoms with Gasteiger partial charge in [-0.1, -0.05) is 23.9 Å². The van der Waals surface area contributed by atoms with Crippen molar-refractivity contribution in [2.24, 2.45) is 0 Å². The summed E-state index contributed by atoms with van der Waals surface area (Å²) in [5, 5.41) is 0.851. The van der Waals surface area contributed by atoms with E-state index in [1.807, 2.05) is 31.2 Å². The Labute approximate surface area is 125 Å². The van der Waals surface area contributed by atoms with Crippen LogP contribution in [0.25, 0.3) is 11.0 Å². The van der Waals surface area contributed by atoms with Crippen molar-refractivity contribution >= 4 is 28.8 Å². The molecule has 1 aromatic carbocycles. The molecule has 3 rings (SSSR count). The first kappa shape index (κ1) is 13.8. The van der Waals surface area contributed by atoms with Gasteiger partial charge in [0.05, 0.1) is 23.4 Å². The average molecular weight is 302 g/mol. The van der Waals surface area contributed by atoms with E-state index in [0.29, 0.717) is 5.76 Å². The van der Waals surface area contributed by atoms with Crippen molar-refractivity contribution in [1.82, 2.24) is 9.97 Å². The first-order valence-corrected chi connectivity index (χ1v) is 7.35. The maximum Gasteiger partial charge on any atom is 0.373 e. The summed E-state index contributed by atoms with van der Waals surface area (Å²) in [4.78, 5) is 19.1. The largest absolute Gasteiger partial charge is 0.463 e. The van der Waals surface area contributed by atoms with E-state index in [1.54, 1.807) is 23.9 Å². The summed E-state index contributed by atoms with van der Waals surface area (Å²) in [6, 6.07) is 11.3. The first-order chi connectivity index (χ1) is 10.2. The van der Waals surface area contributed by atoms with Crippen LogP contribution in [-0.2, 0) is 4.74 Å². The minimum Gasteiger partial charge on any atom is -0.463 e. The Bertz CT molecular complexity index is 745. The third-order valence-electron chi connectivity index (χ3n) is 3.07. The molecule has 0 saturated carbocycles. The van der Waals surface area contributed by atoms with Crippen molar-refractivity contribution in [1.29, 1.82) is 0 Å². The number of imidazole rings is 1. The van der Waals surface area contributed by atoms with Crippen LogP contribution in [0, 0.1) is 0 Å². The highest BCUT2D eigenvalue weighted by molar-refractivity contribution is 7.99.